The van der Waals surface area contributed by atoms with Crippen LogP contribution in [-0.2, 0) is 6.16 Å². The standard InChI is InChI=1S/C18H23N2O2P/c1-22-18-13-16(7-8-17(18)19)20(21)9-11-23(12-10-20)14-15-5-3-2-4-6-15/h2-8,13H,9-12,14,19H2,1H3. The summed E-state index contributed by atoms with van der Waals surface area (Å²) in [7, 11) is 1.50. The molecule has 0 saturated carbocycles. The first-order valence-corrected chi connectivity index (χ1v) is 9.79. The quantitative estimate of drug-likeness (QED) is 0.402. The Hall–Kier alpha value is -1.61. The van der Waals surface area contributed by atoms with E-state index in [2.05, 4.69) is 24.3 Å². The van der Waals surface area contributed by atoms with E-state index in [1.807, 2.05) is 12.1 Å². The van der Waals surface area contributed by atoms with Gasteiger partial charge in [0.2, 0.25) is 0 Å². The fourth-order valence-electron chi connectivity index (χ4n) is 3.04. The van der Waals surface area contributed by atoms with E-state index in [-0.39, 0.29) is 12.6 Å². The molecule has 4 nitrogen and oxygen atoms in total. The molecule has 3 rings (SSSR count). The number of methoxy groups -OCH3 is 1. The first-order chi connectivity index (χ1) is 11.1. The number of ether oxygens (including phenoxy) is 1. The molecule has 0 radical (unpaired) electrons. The van der Waals surface area contributed by atoms with Gasteiger partial charge in [0.15, 0.2) is 0 Å². The average Bonchev–Trinajstić information content (AvgIpc) is 2.58. The van der Waals surface area contributed by atoms with E-state index in [1.165, 1.54) is 5.56 Å². The fourth-order valence-corrected chi connectivity index (χ4v) is 5.52. The van der Waals surface area contributed by atoms with Crippen LogP contribution in [0.1, 0.15) is 5.56 Å². The lowest BCUT2D eigenvalue weighted by Crippen LogP contribution is -2.50. The molecule has 0 aliphatic carbocycles. The predicted octanol–water partition coefficient (Wildman–Crippen LogP) is 3.78. The molecule has 5 heteroatoms. The first kappa shape index (κ1) is 16.3. The molecule has 1 saturated heterocycles. The molecule has 2 N–H and O–H groups in total. The van der Waals surface area contributed by atoms with Gasteiger partial charge in [0.05, 0.1) is 25.9 Å². The van der Waals surface area contributed by atoms with Crippen LogP contribution in [0.4, 0.5) is 11.4 Å². The summed E-state index contributed by atoms with van der Waals surface area (Å²) in [6, 6.07) is 16.0. The second-order valence-corrected chi connectivity index (χ2v) is 8.58. The van der Waals surface area contributed by atoms with Gasteiger partial charge in [-0.1, -0.05) is 38.3 Å². The third-order valence-electron chi connectivity index (χ3n) is 4.49. The van der Waals surface area contributed by atoms with Crippen molar-refractivity contribution in [3.8, 4) is 5.75 Å². The van der Waals surface area contributed by atoms with E-state index in [0.29, 0.717) is 24.5 Å². The largest absolute Gasteiger partial charge is 0.627 e. The van der Waals surface area contributed by atoms with E-state index >= 15 is 0 Å². The zero-order chi connectivity index (χ0) is 16.3. The lowest BCUT2D eigenvalue weighted by molar-refractivity contribution is 0.393. The number of nitrogen functional groups attached to an aromatic ring is 1. The Bertz CT molecular complexity index is 655. The van der Waals surface area contributed by atoms with E-state index in [1.54, 1.807) is 19.2 Å². The minimum absolute atomic E-state index is 0.0859. The molecule has 0 atom stereocenters. The van der Waals surface area contributed by atoms with Crippen LogP contribution >= 0.6 is 7.92 Å². The molecule has 1 aliphatic rings. The molecule has 0 spiro atoms. The van der Waals surface area contributed by atoms with E-state index in [4.69, 9.17) is 10.5 Å². The minimum atomic E-state index is -0.260. The van der Waals surface area contributed by atoms with Crippen molar-refractivity contribution in [3.63, 3.8) is 0 Å². The summed E-state index contributed by atoms with van der Waals surface area (Å²) in [4.78, 5) is 0. The Morgan fingerprint density at radius 2 is 1.83 bits per heavy atom. The van der Waals surface area contributed by atoms with Crippen molar-refractivity contribution in [2.75, 3.05) is 38.3 Å². The third-order valence-corrected chi connectivity index (χ3v) is 6.97. The van der Waals surface area contributed by atoms with Gasteiger partial charge in [-0.15, -0.1) is 0 Å². The maximum Gasteiger partial charge on any atom is 0.147 e. The van der Waals surface area contributed by atoms with Crippen LogP contribution in [0.25, 0.3) is 0 Å². The number of hydrogen-bond acceptors (Lipinski definition) is 3. The number of quaternary nitrogens is 1. The smallest absolute Gasteiger partial charge is 0.147 e. The Kier molecular flexibility index (Phi) is 4.86. The van der Waals surface area contributed by atoms with Gasteiger partial charge in [-0.05, 0) is 17.8 Å². The fraction of sp³-hybridized carbons (Fsp3) is 0.333. The molecule has 2 aromatic carbocycles. The first-order valence-electron chi connectivity index (χ1n) is 7.89. The number of nitrogens with zero attached hydrogens (tertiary/aromatic N) is 1. The van der Waals surface area contributed by atoms with E-state index < -0.39 is 0 Å². The molecule has 2 aromatic rings. The van der Waals surface area contributed by atoms with Crippen molar-refractivity contribution in [1.29, 1.82) is 0 Å². The zero-order valence-electron chi connectivity index (χ0n) is 13.4. The lowest BCUT2D eigenvalue weighted by Gasteiger charge is -2.47. The summed E-state index contributed by atoms with van der Waals surface area (Å²) in [6.07, 6.45) is 3.15. The number of hydroxylamine groups is 2. The summed E-state index contributed by atoms with van der Waals surface area (Å²) < 4.78 is 4.99. The highest BCUT2D eigenvalue weighted by molar-refractivity contribution is 7.57. The topological polar surface area (TPSA) is 58.3 Å². The van der Waals surface area contributed by atoms with Crippen LogP contribution in [0.5, 0.6) is 5.75 Å². The Labute approximate surface area is 138 Å². The molecule has 0 bridgehead atoms. The van der Waals surface area contributed by atoms with Crippen molar-refractivity contribution < 1.29 is 4.74 Å². The molecule has 23 heavy (non-hydrogen) atoms. The molecule has 0 aromatic heterocycles. The number of hydrogen-bond donors (Lipinski definition) is 1. The van der Waals surface area contributed by atoms with Crippen molar-refractivity contribution in [2.45, 2.75) is 6.16 Å². The van der Waals surface area contributed by atoms with Crippen molar-refractivity contribution in [2.24, 2.45) is 0 Å². The maximum absolute atomic E-state index is 13.2. The number of anilines is 1. The average molecular weight is 330 g/mol. The molecule has 0 amide bonds. The van der Waals surface area contributed by atoms with Gasteiger partial charge in [0.1, 0.15) is 11.4 Å². The van der Waals surface area contributed by atoms with Gasteiger partial charge in [0.25, 0.3) is 0 Å². The van der Waals surface area contributed by atoms with Gasteiger partial charge >= 0.3 is 0 Å². The van der Waals surface area contributed by atoms with Crippen LogP contribution < -0.4 is 15.1 Å². The van der Waals surface area contributed by atoms with Gasteiger partial charge in [-0.3, -0.25) is 0 Å². The molecular formula is C18H23N2O2P. The SMILES string of the molecule is COc1cc([N+]2([O-])CCP(Cc3ccccc3)CC2)ccc1N. The molecule has 0 unspecified atom stereocenters. The zero-order valence-corrected chi connectivity index (χ0v) is 14.3. The van der Waals surface area contributed by atoms with Crippen molar-refractivity contribution >= 4 is 19.3 Å². The van der Waals surface area contributed by atoms with Gasteiger partial charge in [0, 0.05) is 24.5 Å². The number of rotatable bonds is 4. The number of benzene rings is 2. The van der Waals surface area contributed by atoms with Gasteiger partial charge < -0.3 is 20.3 Å². The van der Waals surface area contributed by atoms with Crippen LogP contribution in [0.15, 0.2) is 48.5 Å². The van der Waals surface area contributed by atoms with Gasteiger partial charge in [-0.2, -0.15) is 0 Å². The van der Waals surface area contributed by atoms with Crippen LogP contribution in [-0.4, -0.2) is 32.5 Å². The van der Waals surface area contributed by atoms with Crippen molar-refractivity contribution in [3.05, 3.63) is 59.3 Å². The molecular weight excluding hydrogens is 307 g/mol. The molecule has 1 aliphatic heterocycles. The molecule has 122 valence electrons. The Morgan fingerprint density at radius 3 is 2.48 bits per heavy atom. The second kappa shape index (κ2) is 6.88. The highest BCUT2D eigenvalue weighted by Crippen LogP contribution is 2.45. The number of nitrogens with two attached hydrogens (primary N) is 1. The summed E-state index contributed by atoms with van der Waals surface area (Å²) in [5.74, 6) is 0.591. The Morgan fingerprint density at radius 1 is 1.13 bits per heavy atom. The maximum atomic E-state index is 13.2. The van der Waals surface area contributed by atoms with Gasteiger partial charge in [-0.25, -0.2) is 0 Å². The monoisotopic (exact) mass is 330 g/mol. The normalized spacial score (nSPS) is 24.3. The summed E-state index contributed by atoms with van der Waals surface area (Å²) >= 11 is 0. The second-order valence-electron chi connectivity index (χ2n) is 6.02. The van der Waals surface area contributed by atoms with Crippen LogP contribution in [0.3, 0.4) is 0 Å². The third kappa shape index (κ3) is 3.66. The highest BCUT2D eigenvalue weighted by Gasteiger charge is 2.29. The van der Waals surface area contributed by atoms with E-state index in [0.717, 1.165) is 24.2 Å². The summed E-state index contributed by atoms with van der Waals surface area (Å²) in [5.41, 5.74) is 8.57. The van der Waals surface area contributed by atoms with Crippen LogP contribution in [0.2, 0.25) is 0 Å². The lowest BCUT2D eigenvalue weighted by atomic mass is 10.2. The molecule has 1 heterocycles. The van der Waals surface area contributed by atoms with E-state index in [9.17, 15) is 5.21 Å². The Balaban J connectivity index is 1.67. The minimum Gasteiger partial charge on any atom is -0.627 e. The summed E-state index contributed by atoms with van der Waals surface area (Å²) in [6.45, 7) is 1.29. The van der Waals surface area contributed by atoms with Crippen molar-refractivity contribution in [1.82, 2.24) is 4.65 Å². The summed E-state index contributed by atoms with van der Waals surface area (Å²) in [5, 5.41) is 13.2. The molecule has 1 fully saturated rings. The predicted molar refractivity (Wildman–Crippen MR) is 99.1 cm³/mol. The highest BCUT2D eigenvalue weighted by atomic mass is 31.1. The van der Waals surface area contributed by atoms with Crippen LogP contribution in [0, 0.1) is 5.21 Å².